The van der Waals surface area contributed by atoms with E-state index in [1.807, 2.05) is 19.1 Å². The summed E-state index contributed by atoms with van der Waals surface area (Å²) in [4.78, 5) is 4.03. The predicted octanol–water partition coefficient (Wildman–Crippen LogP) is 3.37. The summed E-state index contributed by atoms with van der Waals surface area (Å²) in [5.74, 6) is 1.24. The van der Waals surface area contributed by atoms with E-state index in [0.29, 0.717) is 17.2 Å². The van der Waals surface area contributed by atoms with Crippen LogP contribution in [0.1, 0.15) is 18.2 Å². The molecule has 98 valence electrons. The number of pyridine rings is 1. The fourth-order valence-corrected chi connectivity index (χ4v) is 1.87. The van der Waals surface area contributed by atoms with Crippen LogP contribution < -0.4 is 10.5 Å². The molecule has 0 aliphatic carbocycles. The van der Waals surface area contributed by atoms with Gasteiger partial charge in [-0.3, -0.25) is 5.41 Å². The Kier molecular flexibility index (Phi) is 4.02. The first-order chi connectivity index (χ1) is 9.10. The Hall–Kier alpha value is -2.07. The molecule has 1 aromatic heterocycles. The summed E-state index contributed by atoms with van der Waals surface area (Å²) in [6.45, 7) is 2.04. The summed E-state index contributed by atoms with van der Waals surface area (Å²) in [5, 5.41) is 8.00. The Morgan fingerprint density at radius 1 is 1.32 bits per heavy atom. The van der Waals surface area contributed by atoms with Crippen molar-refractivity contribution in [2.45, 2.75) is 13.3 Å². The quantitative estimate of drug-likeness (QED) is 0.664. The van der Waals surface area contributed by atoms with Crippen LogP contribution in [0, 0.1) is 5.41 Å². The summed E-state index contributed by atoms with van der Waals surface area (Å²) in [6.07, 6.45) is 2.38. The monoisotopic (exact) mass is 275 g/mol. The first-order valence-electron chi connectivity index (χ1n) is 5.87. The zero-order chi connectivity index (χ0) is 13.8. The number of nitrogen functional groups attached to an aromatic ring is 1. The minimum Gasteiger partial charge on any atom is -0.456 e. The Morgan fingerprint density at radius 2 is 2.05 bits per heavy atom. The minimum absolute atomic E-state index is 0.0636. The molecule has 5 heteroatoms. The fourth-order valence-electron chi connectivity index (χ4n) is 1.62. The number of nitrogens with one attached hydrogen (secondary N) is 1. The van der Waals surface area contributed by atoms with E-state index in [1.165, 1.54) is 6.20 Å². The first-order valence-corrected chi connectivity index (χ1v) is 6.24. The lowest BCUT2D eigenvalue weighted by molar-refractivity contribution is 0.479. The van der Waals surface area contributed by atoms with Gasteiger partial charge in [-0.25, -0.2) is 4.98 Å². The van der Waals surface area contributed by atoms with Gasteiger partial charge in [-0.05, 0) is 42.3 Å². The lowest BCUT2D eigenvalue weighted by Crippen LogP contribution is -2.12. The highest BCUT2D eigenvalue weighted by Crippen LogP contribution is 2.26. The molecule has 0 fully saturated rings. The summed E-state index contributed by atoms with van der Waals surface area (Å²) in [7, 11) is 0. The van der Waals surface area contributed by atoms with Crippen molar-refractivity contribution in [2.75, 3.05) is 0 Å². The molecule has 0 saturated heterocycles. The maximum atomic E-state index is 7.26. The van der Waals surface area contributed by atoms with E-state index in [4.69, 9.17) is 27.5 Å². The molecule has 3 N–H and O–H groups in total. The molecule has 0 aliphatic rings. The standard InChI is InChI=1S/C14H14ClN3O/c1-2-9-7-10(3-5-12(9)15)19-11-4-6-13(14(16)17)18-8-11/h3-8H,2H2,1H3,(H3,16,17). The van der Waals surface area contributed by atoms with Crippen molar-refractivity contribution in [1.29, 1.82) is 5.41 Å². The van der Waals surface area contributed by atoms with Gasteiger partial charge in [0, 0.05) is 5.02 Å². The number of amidine groups is 1. The normalized spacial score (nSPS) is 10.2. The third kappa shape index (κ3) is 3.23. The number of aryl methyl sites for hydroxylation is 1. The summed E-state index contributed by atoms with van der Waals surface area (Å²) in [5.41, 5.74) is 6.80. The molecule has 0 saturated carbocycles. The molecule has 2 aromatic rings. The van der Waals surface area contributed by atoms with E-state index in [2.05, 4.69) is 4.98 Å². The topological polar surface area (TPSA) is 72.0 Å². The van der Waals surface area contributed by atoms with Crippen LogP contribution in [0.25, 0.3) is 0 Å². The van der Waals surface area contributed by atoms with Crippen LogP contribution >= 0.6 is 11.6 Å². The second kappa shape index (κ2) is 5.71. The van der Waals surface area contributed by atoms with Crippen molar-refractivity contribution in [2.24, 2.45) is 5.73 Å². The third-order valence-electron chi connectivity index (χ3n) is 2.65. The van der Waals surface area contributed by atoms with Crippen molar-refractivity contribution in [3.05, 3.63) is 52.8 Å². The van der Waals surface area contributed by atoms with Crippen LogP contribution in [-0.2, 0) is 6.42 Å². The van der Waals surface area contributed by atoms with Gasteiger partial charge in [0.2, 0.25) is 0 Å². The lowest BCUT2D eigenvalue weighted by atomic mass is 10.1. The highest BCUT2D eigenvalue weighted by Gasteiger charge is 2.04. The van der Waals surface area contributed by atoms with Crippen molar-refractivity contribution in [1.82, 2.24) is 4.98 Å². The highest BCUT2D eigenvalue weighted by atomic mass is 35.5. The van der Waals surface area contributed by atoms with Gasteiger partial charge in [0.05, 0.1) is 6.20 Å². The Morgan fingerprint density at radius 3 is 2.63 bits per heavy atom. The largest absolute Gasteiger partial charge is 0.456 e. The minimum atomic E-state index is -0.0636. The Balaban J connectivity index is 2.19. The SMILES string of the molecule is CCc1cc(Oc2ccc(C(=N)N)nc2)ccc1Cl. The van der Waals surface area contributed by atoms with Crippen molar-refractivity contribution in [3.63, 3.8) is 0 Å². The van der Waals surface area contributed by atoms with E-state index < -0.39 is 0 Å². The van der Waals surface area contributed by atoms with E-state index in [1.54, 1.807) is 18.2 Å². The molecule has 0 unspecified atom stereocenters. The average Bonchev–Trinajstić information content (AvgIpc) is 2.41. The maximum absolute atomic E-state index is 7.26. The van der Waals surface area contributed by atoms with Gasteiger partial charge in [0.1, 0.15) is 23.0 Å². The van der Waals surface area contributed by atoms with Gasteiger partial charge in [0.15, 0.2) is 0 Å². The van der Waals surface area contributed by atoms with E-state index in [-0.39, 0.29) is 5.84 Å². The first kappa shape index (κ1) is 13.4. The number of hydrogen-bond donors (Lipinski definition) is 2. The fraction of sp³-hybridized carbons (Fsp3) is 0.143. The van der Waals surface area contributed by atoms with Crippen molar-refractivity contribution >= 4 is 17.4 Å². The number of aromatic nitrogens is 1. The number of nitrogens with zero attached hydrogens (tertiary/aromatic N) is 1. The smallest absolute Gasteiger partial charge is 0.145 e. The Bertz CT molecular complexity index is 596. The Labute approximate surface area is 116 Å². The molecule has 0 spiro atoms. The molecular weight excluding hydrogens is 262 g/mol. The number of ether oxygens (including phenoxy) is 1. The zero-order valence-electron chi connectivity index (χ0n) is 10.5. The number of benzene rings is 1. The maximum Gasteiger partial charge on any atom is 0.145 e. The molecule has 0 atom stereocenters. The van der Waals surface area contributed by atoms with Gasteiger partial charge >= 0.3 is 0 Å². The van der Waals surface area contributed by atoms with E-state index in [0.717, 1.165) is 17.0 Å². The molecule has 0 aliphatic heterocycles. The molecular formula is C14H14ClN3O. The van der Waals surface area contributed by atoms with Crippen LogP contribution in [-0.4, -0.2) is 10.8 Å². The van der Waals surface area contributed by atoms with Gasteiger partial charge in [0.25, 0.3) is 0 Å². The molecule has 19 heavy (non-hydrogen) atoms. The zero-order valence-corrected chi connectivity index (χ0v) is 11.2. The number of nitrogens with two attached hydrogens (primary N) is 1. The lowest BCUT2D eigenvalue weighted by Gasteiger charge is -2.08. The molecule has 0 radical (unpaired) electrons. The number of halogens is 1. The summed E-state index contributed by atoms with van der Waals surface area (Å²) < 4.78 is 5.68. The van der Waals surface area contributed by atoms with Crippen LogP contribution in [0.15, 0.2) is 36.5 Å². The molecule has 1 heterocycles. The van der Waals surface area contributed by atoms with Gasteiger partial charge in [-0.2, -0.15) is 0 Å². The van der Waals surface area contributed by atoms with E-state index in [9.17, 15) is 0 Å². The molecule has 1 aromatic carbocycles. The summed E-state index contributed by atoms with van der Waals surface area (Å²) in [6, 6.07) is 8.90. The van der Waals surface area contributed by atoms with Gasteiger partial charge in [-0.15, -0.1) is 0 Å². The van der Waals surface area contributed by atoms with Crippen LogP contribution in [0.3, 0.4) is 0 Å². The average molecular weight is 276 g/mol. The van der Waals surface area contributed by atoms with Gasteiger partial charge in [-0.1, -0.05) is 18.5 Å². The van der Waals surface area contributed by atoms with Crippen molar-refractivity contribution in [3.8, 4) is 11.5 Å². The predicted molar refractivity (Wildman–Crippen MR) is 76.2 cm³/mol. The van der Waals surface area contributed by atoms with Crippen LogP contribution in [0.4, 0.5) is 0 Å². The number of rotatable bonds is 4. The second-order valence-corrected chi connectivity index (χ2v) is 4.41. The van der Waals surface area contributed by atoms with Crippen molar-refractivity contribution < 1.29 is 4.74 Å². The third-order valence-corrected chi connectivity index (χ3v) is 3.01. The molecule has 0 amide bonds. The van der Waals surface area contributed by atoms with Gasteiger partial charge < -0.3 is 10.5 Å². The summed E-state index contributed by atoms with van der Waals surface area (Å²) >= 11 is 6.05. The molecule has 0 bridgehead atoms. The number of hydrogen-bond acceptors (Lipinski definition) is 3. The highest BCUT2D eigenvalue weighted by molar-refractivity contribution is 6.31. The van der Waals surface area contributed by atoms with Crippen LogP contribution in [0.2, 0.25) is 5.02 Å². The van der Waals surface area contributed by atoms with E-state index >= 15 is 0 Å². The molecule has 2 rings (SSSR count). The van der Waals surface area contributed by atoms with Crippen LogP contribution in [0.5, 0.6) is 11.5 Å². The molecule has 4 nitrogen and oxygen atoms in total. The second-order valence-electron chi connectivity index (χ2n) is 4.00.